The molecule has 0 amide bonds. The van der Waals surface area contributed by atoms with Crippen LogP contribution in [0.1, 0.15) is 0 Å². The molecule has 2 N–H and O–H groups in total. The summed E-state index contributed by atoms with van der Waals surface area (Å²) >= 11 is 0. The minimum Gasteiger partial charge on any atom is -0.507 e. The topological polar surface area (TPSA) is 145 Å². The van der Waals surface area contributed by atoms with Crippen LogP contribution >= 0.6 is 0 Å². The number of hydrogen-bond donors (Lipinski definition) is 2. The Labute approximate surface area is 250 Å². The third-order valence-corrected chi connectivity index (χ3v) is 7.66. The second-order valence-electron chi connectivity index (χ2n) is 10.0. The molecule has 0 heterocycles. The summed E-state index contributed by atoms with van der Waals surface area (Å²) in [6.07, 6.45) is 0. The summed E-state index contributed by atoms with van der Waals surface area (Å²) in [4.78, 5) is 22.3. The standard InChI is InChI=1S/C34H24N2O8/c1-43-29-13-5-11-23-25(19-7-3-9-21(15-19)35(39)40)17-27(33(37)31(23)29)28-18-26(20-8-4-10-22(16-20)36(41)42)24-12-6-14-30(44-2)32(24)34(28)38/h3-18,37-38H,1-2H3. The van der Waals surface area contributed by atoms with Crippen molar-refractivity contribution >= 4 is 32.9 Å². The SMILES string of the molecule is COc1cccc2c(-c3cccc([N+](=O)[O-])c3)cc(-c3cc(-c4cccc([N+](=O)[O-])c4)c4cccc(OC)c4c3O)c(O)c12. The highest BCUT2D eigenvalue weighted by atomic mass is 16.6. The smallest absolute Gasteiger partial charge is 0.270 e. The molecule has 0 aliphatic rings. The zero-order chi connectivity index (χ0) is 31.1. The summed E-state index contributed by atoms with van der Waals surface area (Å²) in [5.41, 5.74) is 2.31. The second-order valence-corrected chi connectivity index (χ2v) is 10.0. The van der Waals surface area contributed by atoms with E-state index < -0.39 is 9.85 Å². The van der Waals surface area contributed by atoms with E-state index in [9.17, 15) is 30.4 Å². The number of rotatable bonds is 7. The number of non-ortho nitro benzene ring substituents is 2. The second kappa shape index (κ2) is 10.9. The van der Waals surface area contributed by atoms with E-state index >= 15 is 0 Å². The molecular formula is C34H24N2O8. The van der Waals surface area contributed by atoms with Crippen molar-refractivity contribution in [1.29, 1.82) is 0 Å². The van der Waals surface area contributed by atoms with Crippen molar-refractivity contribution in [3.8, 4) is 56.4 Å². The first kappa shape index (κ1) is 28.0. The molecule has 6 rings (SSSR count). The minimum atomic E-state index is -0.486. The Kier molecular flexibility index (Phi) is 6.94. The zero-order valence-electron chi connectivity index (χ0n) is 23.5. The first-order valence-corrected chi connectivity index (χ1v) is 13.4. The lowest BCUT2D eigenvalue weighted by atomic mass is 9.87. The lowest BCUT2D eigenvalue weighted by Gasteiger charge is -2.19. The van der Waals surface area contributed by atoms with Crippen LogP contribution in [-0.2, 0) is 0 Å². The van der Waals surface area contributed by atoms with Crippen LogP contribution in [0.25, 0.3) is 54.9 Å². The first-order chi connectivity index (χ1) is 21.2. The normalized spacial score (nSPS) is 11.0. The van der Waals surface area contributed by atoms with E-state index in [0.717, 1.165) is 0 Å². The van der Waals surface area contributed by atoms with Crippen molar-refractivity contribution in [1.82, 2.24) is 0 Å². The van der Waals surface area contributed by atoms with Crippen LogP contribution in [0.4, 0.5) is 11.4 Å². The van der Waals surface area contributed by atoms with Gasteiger partial charge in [0.25, 0.3) is 11.4 Å². The van der Waals surface area contributed by atoms with Gasteiger partial charge in [-0.25, -0.2) is 0 Å². The molecule has 0 aromatic heterocycles. The molecule has 0 bridgehead atoms. The van der Waals surface area contributed by atoms with Gasteiger partial charge < -0.3 is 19.7 Å². The number of fused-ring (bicyclic) bond motifs is 2. The van der Waals surface area contributed by atoms with E-state index in [-0.39, 0.29) is 34.0 Å². The largest absolute Gasteiger partial charge is 0.507 e. The van der Waals surface area contributed by atoms with Crippen LogP contribution in [-0.4, -0.2) is 34.3 Å². The van der Waals surface area contributed by atoms with Gasteiger partial charge in [-0.05, 0) is 57.3 Å². The third-order valence-electron chi connectivity index (χ3n) is 7.66. The molecule has 0 spiro atoms. The molecule has 0 fully saturated rings. The Hall–Kier alpha value is -6.16. The molecule has 6 aromatic carbocycles. The highest BCUT2D eigenvalue weighted by Crippen LogP contribution is 2.51. The number of hydrogen-bond acceptors (Lipinski definition) is 8. The van der Waals surface area contributed by atoms with E-state index in [1.54, 1.807) is 72.8 Å². The Balaban J connectivity index is 1.76. The molecule has 0 atom stereocenters. The lowest BCUT2D eigenvalue weighted by molar-refractivity contribution is -0.385. The molecule has 0 aliphatic carbocycles. The lowest BCUT2D eigenvalue weighted by Crippen LogP contribution is -1.95. The fourth-order valence-corrected chi connectivity index (χ4v) is 5.65. The predicted molar refractivity (Wildman–Crippen MR) is 168 cm³/mol. The Morgan fingerprint density at radius 1 is 0.545 bits per heavy atom. The number of benzene rings is 6. The summed E-state index contributed by atoms with van der Waals surface area (Å²) in [6, 6.07) is 26.0. The molecule has 218 valence electrons. The van der Waals surface area contributed by atoms with E-state index in [2.05, 4.69) is 0 Å². The number of phenolic OH excluding ortho intramolecular Hbond substituents is 2. The van der Waals surface area contributed by atoms with Crippen LogP contribution in [0.2, 0.25) is 0 Å². The van der Waals surface area contributed by atoms with Gasteiger partial charge in [0.1, 0.15) is 23.0 Å². The monoisotopic (exact) mass is 588 g/mol. The first-order valence-electron chi connectivity index (χ1n) is 13.4. The third kappa shape index (κ3) is 4.54. The molecular weight excluding hydrogens is 564 g/mol. The minimum absolute atomic E-state index is 0.112. The van der Waals surface area contributed by atoms with Crippen molar-refractivity contribution in [3.63, 3.8) is 0 Å². The molecule has 0 saturated heterocycles. The fraction of sp³-hybridized carbons (Fsp3) is 0.0588. The Morgan fingerprint density at radius 3 is 1.30 bits per heavy atom. The maximum Gasteiger partial charge on any atom is 0.270 e. The fourth-order valence-electron chi connectivity index (χ4n) is 5.65. The van der Waals surface area contributed by atoms with Gasteiger partial charge in [-0.2, -0.15) is 0 Å². The van der Waals surface area contributed by atoms with Gasteiger partial charge in [0.05, 0.1) is 34.8 Å². The van der Waals surface area contributed by atoms with Gasteiger partial charge in [0.2, 0.25) is 0 Å². The van der Waals surface area contributed by atoms with E-state index in [1.807, 2.05) is 0 Å². The van der Waals surface area contributed by atoms with Crippen molar-refractivity contribution < 1.29 is 29.5 Å². The number of ether oxygens (including phenoxy) is 2. The predicted octanol–water partition coefficient (Wildman–Crippen LogP) is 8.24. The molecule has 0 radical (unpaired) electrons. The zero-order valence-corrected chi connectivity index (χ0v) is 23.5. The van der Waals surface area contributed by atoms with Crippen molar-refractivity contribution in [2.24, 2.45) is 0 Å². The molecule has 6 aromatic rings. The van der Waals surface area contributed by atoms with Gasteiger partial charge in [0.15, 0.2) is 0 Å². The molecule has 0 aliphatic heterocycles. The van der Waals surface area contributed by atoms with E-state index in [4.69, 9.17) is 9.47 Å². The molecule has 0 saturated carbocycles. The van der Waals surface area contributed by atoms with Crippen LogP contribution in [0.5, 0.6) is 23.0 Å². The van der Waals surface area contributed by atoms with Crippen molar-refractivity contribution in [3.05, 3.63) is 117 Å². The van der Waals surface area contributed by atoms with Crippen LogP contribution in [0.15, 0.2) is 97.1 Å². The van der Waals surface area contributed by atoms with Crippen LogP contribution < -0.4 is 9.47 Å². The average Bonchev–Trinajstić information content (AvgIpc) is 3.05. The summed E-state index contributed by atoms with van der Waals surface area (Å²) in [7, 11) is 2.93. The van der Waals surface area contributed by atoms with E-state index in [0.29, 0.717) is 55.3 Å². The summed E-state index contributed by atoms with van der Waals surface area (Å²) < 4.78 is 11.2. The number of nitro groups is 2. The summed E-state index contributed by atoms with van der Waals surface area (Å²) in [5.74, 6) is 0.318. The summed E-state index contributed by atoms with van der Waals surface area (Å²) in [5, 5.41) is 48.7. The number of nitrogens with zero attached hydrogens (tertiary/aromatic N) is 2. The van der Waals surface area contributed by atoms with E-state index in [1.165, 1.54) is 38.5 Å². The highest BCUT2D eigenvalue weighted by Gasteiger charge is 2.24. The van der Waals surface area contributed by atoms with Gasteiger partial charge in [0, 0.05) is 35.4 Å². The van der Waals surface area contributed by atoms with Gasteiger partial charge in [-0.1, -0.05) is 48.5 Å². The summed E-state index contributed by atoms with van der Waals surface area (Å²) in [6.45, 7) is 0. The Bertz CT molecular complexity index is 1990. The van der Waals surface area contributed by atoms with Gasteiger partial charge in [-0.3, -0.25) is 20.2 Å². The number of aromatic hydroxyl groups is 2. The number of methoxy groups -OCH3 is 2. The quantitative estimate of drug-likeness (QED) is 0.140. The maximum absolute atomic E-state index is 11.8. The Morgan fingerprint density at radius 2 is 0.932 bits per heavy atom. The van der Waals surface area contributed by atoms with Gasteiger partial charge in [-0.15, -0.1) is 0 Å². The number of phenols is 2. The van der Waals surface area contributed by atoms with Gasteiger partial charge >= 0.3 is 0 Å². The van der Waals surface area contributed by atoms with Crippen molar-refractivity contribution in [2.45, 2.75) is 0 Å². The molecule has 10 heteroatoms. The van der Waals surface area contributed by atoms with Crippen LogP contribution in [0.3, 0.4) is 0 Å². The van der Waals surface area contributed by atoms with Crippen molar-refractivity contribution in [2.75, 3.05) is 14.2 Å². The maximum atomic E-state index is 11.8. The molecule has 10 nitrogen and oxygen atoms in total. The number of nitro benzene ring substituents is 2. The average molecular weight is 589 g/mol. The van der Waals surface area contributed by atoms with Crippen LogP contribution in [0, 0.1) is 20.2 Å². The highest BCUT2D eigenvalue weighted by molar-refractivity contribution is 6.12. The molecule has 0 unspecified atom stereocenters. The molecule has 44 heavy (non-hydrogen) atoms.